The van der Waals surface area contributed by atoms with Crippen molar-refractivity contribution in [2.75, 3.05) is 26.3 Å². The molecule has 0 spiro atoms. The molecule has 0 saturated carbocycles. The Kier molecular flexibility index (Phi) is 6.77. The van der Waals surface area contributed by atoms with E-state index < -0.39 is 11.7 Å². The minimum Gasteiger partial charge on any atom is -0.380 e. The molecule has 2 aliphatic heterocycles. The van der Waals surface area contributed by atoms with Crippen molar-refractivity contribution < 1.29 is 27.4 Å². The minimum absolute atomic E-state index is 0.152. The number of carbonyl (C=O) groups excluding carboxylic acids is 1. The number of para-hydroxylation sites is 1. The highest BCUT2D eigenvalue weighted by molar-refractivity contribution is 5.82. The minimum atomic E-state index is -4.52. The van der Waals surface area contributed by atoms with Crippen molar-refractivity contribution in [3.8, 4) is 0 Å². The van der Waals surface area contributed by atoms with E-state index >= 15 is 0 Å². The SMILES string of the molecule is O=C(Cc1nc2c(C(F)(F)F)cccc2[nH]1)NC1CN(C2CCOC2)C[C@@H]1OCc1ccccc1. The zero-order valence-corrected chi connectivity index (χ0v) is 19.1. The molecule has 2 fully saturated rings. The highest BCUT2D eigenvalue weighted by Crippen LogP contribution is 2.33. The van der Waals surface area contributed by atoms with E-state index in [1.54, 1.807) is 0 Å². The van der Waals surface area contributed by atoms with Crippen molar-refractivity contribution in [3.05, 3.63) is 65.5 Å². The number of benzene rings is 2. The predicted octanol–water partition coefficient (Wildman–Crippen LogP) is 3.30. The van der Waals surface area contributed by atoms with Crippen LogP contribution in [0.3, 0.4) is 0 Å². The fraction of sp³-hybridized carbons (Fsp3) is 0.440. The summed E-state index contributed by atoms with van der Waals surface area (Å²) in [4.78, 5) is 22.1. The summed E-state index contributed by atoms with van der Waals surface area (Å²) >= 11 is 0. The van der Waals surface area contributed by atoms with Crippen molar-refractivity contribution in [1.29, 1.82) is 0 Å². The first kappa shape index (κ1) is 23.8. The number of fused-ring (bicyclic) bond motifs is 1. The maximum Gasteiger partial charge on any atom is 0.418 e. The third-order valence-corrected chi connectivity index (χ3v) is 6.56. The lowest BCUT2D eigenvalue weighted by Crippen LogP contribution is -2.45. The zero-order valence-electron chi connectivity index (χ0n) is 19.1. The second-order valence-corrected chi connectivity index (χ2v) is 9.04. The summed E-state index contributed by atoms with van der Waals surface area (Å²) in [5, 5.41) is 3.03. The molecule has 2 aliphatic rings. The van der Waals surface area contributed by atoms with Crippen molar-refractivity contribution in [2.45, 2.75) is 43.8 Å². The maximum atomic E-state index is 13.3. The standard InChI is InChI=1S/C25H27F3N4O3/c26-25(27,28)18-7-4-8-19-24(18)31-22(29-19)11-23(33)30-20-12-32(17-9-10-34-15-17)13-21(20)35-14-16-5-2-1-3-6-16/h1-8,17,20-21H,9-15H2,(H,29,31)(H,30,33)/t17?,20?,21-/m0/s1. The van der Waals surface area contributed by atoms with Gasteiger partial charge in [0.25, 0.3) is 0 Å². The molecule has 5 rings (SSSR count). The Labute approximate surface area is 200 Å². The average molecular weight is 489 g/mol. The number of ether oxygens (including phenoxy) is 2. The van der Waals surface area contributed by atoms with E-state index in [2.05, 4.69) is 20.2 Å². The Hall–Kier alpha value is -2.95. The van der Waals surface area contributed by atoms with Gasteiger partial charge in [0.15, 0.2) is 0 Å². The molecule has 3 atom stereocenters. The molecule has 2 unspecified atom stereocenters. The Bertz CT molecular complexity index is 1160. The molecule has 3 heterocycles. The lowest BCUT2D eigenvalue weighted by Gasteiger charge is -2.21. The molecule has 7 nitrogen and oxygen atoms in total. The van der Waals surface area contributed by atoms with Gasteiger partial charge in [-0.1, -0.05) is 36.4 Å². The Morgan fingerprint density at radius 2 is 2.00 bits per heavy atom. The second-order valence-electron chi connectivity index (χ2n) is 9.04. The fourth-order valence-electron chi connectivity index (χ4n) is 4.80. The summed E-state index contributed by atoms with van der Waals surface area (Å²) in [5.41, 5.74) is 0.292. The van der Waals surface area contributed by atoms with E-state index in [0.29, 0.717) is 26.3 Å². The normalized spacial score (nSPS) is 23.2. The number of H-pyrrole nitrogens is 1. The number of aromatic amines is 1. The lowest BCUT2D eigenvalue weighted by atomic mass is 10.2. The highest BCUT2D eigenvalue weighted by Gasteiger charge is 2.39. The molecule has 2 N–H and O–H groups in total. The Morgan fingerprint density at radius 3 is 2.74 bits per heavy atom. The smallest absolute Gasteiger partial charge is 0.380 e. The number of hydrogen-bond acceptors (Lipinski definition) is 5. The largest absolute Gasteiger partial charge is 0.418 e. The molecule has 0 bridgehead atoms. The average Bonchev–Trinajstić information content (AvgIpc) is 3.57. The number of hydrogen-bond donors (Lipinski definition) is 2. The third kappa shape index (κ3) is 5.50. The van der Waals surface area contributed by atoms with E-state index in [1.165, 1.54) is 12.1 Å². The van der Waals surface area contributed by atoms with Crippen LogP contribution in [0, 0.1) is 0 Å². The van der Waals surface area contributed by atoms with Crippen LogP contribution in [0.2, 0.25) is 0 Å². The van der Waals surface area contributed by atoms with Gasteiger partial charge in [-0.15, -0.1) is 0 Å². The van der Waals surface area contributed by atoms with Crippen LogP contribution in [-0.4, -0.2) is 65.3 Å². The first-order valence-electron chi connectivity index (χ1n) is 11.7. The van der Waals surface area contributed by atoms with Crippen LogP contribution in [0.1, 0.15) is 23.4 Å². The molecule has 186 valence electrons. The van der Waals surface area contributed by atoms with Crippen LogP contribution in [-0.2, 0) is 33.5 Å². The first-order valence-corrected chi connectivity index (χ1v) is 11.7. The van der Waals surface area contributed by atoms with Crippen molar-refractivity contribution in [2.24, 2.45) is 0 Å². The lowest BCUT2D eigenvalue weighted by molar-refractivity contribution is -0.136. The molecule has 0 radical (unpaired) electrons. The Balaban J connectivity index is 1.26. The van der Waals surface area contributed by atoms with Crippen LogP contribution in [0.4, 0.5) is 13.2 Å². The van der Waals surface area contributed by atoms with Gasteiger partial charge in [0.2, 0.25) is 5.91 Å². The van der Waals surface area contributed by atoms with E-state index in [0.717, 1.165) is 24.7 Å². The van der Waals surface area contributed by atoms with Crippen molar-refractivity contribution >= 4 is 16.9 Å². The number of aromatic nitrogens is 2. The Morgan fingerprint density at radius 1 is 1.17 bits per heavy atom. The molecule has 1 aromatic heterocycles. The summed E-state index contributed by atoms with van der Waals surface area (Å²) in [6, 6.07) is 13.7. The number of halogens is 3. The van der Waals surface area contributed by atoms with E-state index in [-0.39, 0.29) is 47.4 Å². The molecule has 35 heavy (non-hydrogen) atoms. The number of amides is 1. The van der Waals surface area contributed by atoms with E-state index in [4.69, 9.17) is 9.47 Å². The molecular formula is C25H27F3N4O3. The summed E-state index contributed by atoms with van der Waals surface area (Å²) < 4.78 is 51.6. The first-order chi connectivity index (χ1) is 16.9. The monoisotopic (exact) mass is 488 g/mol. The topological polar surface area (TPSA) is 79.5 Å². The number of carbonyl (C=O) groups is 1. The van der Waals surface area contributed by atoms with Gasteiger partial charge >= 0.3 is 6.18 Å². The molecule has 1 amide bonds. The third-order valence-electron chi connectivity index (χ3n) is 6.56. The van der Waals surface area contributed by atoms with Gasteiger partial charge in [-0.25, -0.2) is 4.98 Å². The van der Waals surface area contributed by atoms with Gasteiger partial charge in [0.05, 0.1) is 42.9 Å². The summed E-state index contributed by atoms with van der Waals surface area (Å²) in [7, 11) is 0. The molecule has 10 heteroatoms. The van der Waals surface area contributed by atoms with E-state index in [1.807, 2.05) is 30.3 Å². The van der Waals surface area contributed by atoms with Gasteiger partial charge in [-0.05, 0) is 24.1 Å². The highest BCUT2D eigenvalue weighted by atomic mass is 19.4. The maximum absolute atomic E-state index is 13.3. The van der Waals surface area contributed by atoms with Gasteiger partial charge in [0, 0.05) is 25.7 Å². The van der Waals surface area contributed by atoms with Crippen molar-refractivity contribution in [3.63, 3.8) is 0 Å². The number of imidazole rings is 1. The summed E-state index contributed by atoms with van der Waals surface area (Å²) in [6.45, 7) is 3.10. The molecule has 0 aliphatic carbocycles. The van der Waals surface area contributed by atoms with Gasteiger partial charge < -0.3 is 19.8 Å². The fourth-order valence-corrected chi connectivity index (χ4v) is 4.80. The number of alkyl halides is 3. The van der Waals surface area contributed by atoms with Crippen molar-refractivity contribution in [1.82, 2.24) is 20.2 Å². The zero-order chi connectivity index (χ0) is 24.4. The van der Waals surface area contributed by atoms with E-state index in [9.17, 15) is 18.0 Å². The van der Waals surface area contributed by atoms with Gasteiger partial charge in [-0.2, -0.15) is 13.2 Å². The second kappa shape index (κ2) is 9.96. The summed E-state index contributed by atoms with van der Waals surface area (Å²) in [5.74, 6) is -0.129. The molecule has 2 saturated heterocycles. The number of nitrogens with zero attached hydrogens (tertiary/aromatic N) is 2. The van der Waals surface area contributed by atoms with Crippen LogP contribution in [0.25, 0.3) is 11.0 Å². The molecular weight excluding hydrogens is 461 g/mol. The van der Waals surface area contributed by atoms with Crippen LogP contribution < -0.4 is 5.32 Å². The van der Waals surface area contributed by atoms with Crippen LogP contribution >= 0.6 is 0 Å². The van der Waals surface area contributed by atoms with Gasteiger partial charge in [-0.3, -0.25) is 9.69 Å². The molecule has 2 aromatic carbocycles. The van der Waals surface area contributed by atoms with Crippen LogP contribution in [0.5, 0.6) is 0 Å². The van der Waals surface area contributed by atoms with Gasteiger partial charge in [0.1, 0.15) is 11.3 Å². The molecule has 3 aromatic rings. The quantitative estimate of drug-likeness (QED) is 0.534. The predicted molar refractivity (Wildman–Crippen MR) is 123 cm³/mol. The number of likely N-dealkylation sites (tertiary alicyclic amines) is 1. The van der Waals surface area contributed by atoms with Crippen LogP contribution in [0.15, 0.2) is 48.5 Å². The summed E-state index contributed by atoms with van der Waals surface area (Å²) in [6.07, 6.45) is -3.95. The number of nitrogens with one attached hydrogen (secondary N) is 2. The number of rotatable bonds is 7.